The van der Waals surface area contributed by atoms with E-state index in [0.29, 0.717) is 55.2 Å². The standard InChI is InChI=1S/C34H36N2O7/c1-23-6-3-4-7-27(23)22-43-28-14-12-25(13-15-28)31(37)29-30(24-8-10-26(11-9-24)34(40)41-2)36(33(39)32(29)38)17-5-16-35-18-20-42-21-19-35/h3-4,6-15,30,37H,5,16-22H2,1-2H3. The Balaban J connectivity index is 1.41. The van der Waals surface area contributed by atoms with E-state index in [0.717, 1.165) is 30.8 Å². The predicted molar refractivity (Wildman–Crippen MR) is 161 cm³/mol. The van der Waals surface area contributed by atoms with Gasteiger partial charge < -0.3 is 24.2 Å². The van der Waals surface area contributed by atoms with Gasteiger partial charge in [-0.15, -0.1) is 0 Å². The average Bonchev–Trinajstić information content (AvgIpc) is 3.29. The Morgan fingerprint density at radius 2 is 1.60 bits per heavy atom. The summed E-state index contributed by atoms with van der Waals surface area (Å²) in [6.45, 7) is 6.49. The van der Waals surface area contributed by atoms with Gasteiger partial charge in [0.25, 0.3) is 11.7 Å². The molecule has 2 heterocycles. The summed E-state index contributed by atoms with van der Waals surface area (Å²) in [4.78, 5) is 42.6. The van der Waals surface area contributed by atoms with Crippen molar-refractivity contribution in [3.05, 3.63) is 106 Å². The maximum Gasteiger partial charge on any atom is 0.337 e. The Morgan fingerprint density at radius 3 is 2.28 bits per heavy atom. The molecule has 0 aromatic heterocycles. The maximum absolute atomic E-state index is 13.4. The summed E-state index contributed by atoms with van der Waals surface area (Å²) in [5, 5.41) is 11.4. The fraction of sp³-hybridized carbons (Fsp3) is 0.324. The number of ketones is 1. The number of hydrogen-bond acceptors (Lipinski definition) is 8. The lowest BCUT2D eigenvalue weighted by Crippen LogP contribution is -2.39. The van der Waals surface area contributed by atoms with Crippen LogP contribution in [0.2, 0.25) is 0 Å². The molecule has 2 aliphatic heterocycles. The minimum absolute atomic E-state index is 0.00997. The molecule has 2 fully saturated rings. The van der Waals surface area contributed by atoms with Crippen LogP contribution >= 0.6 is 0 Å². The number of methoxy groups -OCH3 is 1. The summed E-state index contributed by atoms with van der Waals surface area (Å²) >= 11 is 0. The Kier molecular flexibility index (Phi) is 9.54. The molecule has 0 aliphatic carbocycles. The molecule has 3 aromatic rings. The van der Waals surface area contributed by atoms with Crippen molar-refractivity contribution in [1.82, 2.24) is 9.80 Å². The first-order chi connectivity index (χ1) is 20.9. The van der Waals surface area contributed by atoms with Gasteiger partial charge in [-0.05, 0) is 66.4 Å². The molecule has 1 N–H and O–H groups in total. The number of amides is 1. The van der Waals surface area contributed by atoms with Crippen LogP contribution in [-0.2, 0) is 25.7 Å². The highest BCUT2D eigenvalue weighted by atomic mass is 16.5. The van der Waals surface area contributed by atoms with Crippen molar-refractivity contribution < 1.29 is 33.7 Å². The fourth-order valence-corrected chi connectivity index (χ4v) is 5.46. The first-order valence-electron chi connectivity index (χ1n) is 14.4. The van der Waals surface area contributed by atoms with Crippen LogP contribution in [-0.4, -0.2) is 79.1 Å². The van der Waals surface area contributed by atoms with Crippen LogP contribution in [0.3, 0.4) is 0 Å². The number of morpholine rings is 1. The lowest BCUT2D eigenvalue weighted by Gasteiger charge is -2.29. The molecule has 5 rings (SSSR count). The molecule has 0 bridgehead atoms. The Hall–Kier alpha value is -4.47. The zero-order chi connectivity index (χ0) is 30.3. The van der Waals surface area contributed by atoms with Gasteiger partial charge in [0.1, 0.15) is 18.1 Å². The van der Waals surface area contributed by atoms with E-state index in [1.54, 1.807) is 48.5 Å². The predicted octanol–water partition coefficient (Wildman–Crippen LogP) is 4.50. The molecule has 0 radical (unpaired) electrons. The minimum Gasteiger partial charge on any atom is -0.507 e. The van der Waals surface area contributed by atoms with Crippen LogP contribution in [0.1, 0.15) is 45.1 Å². The highest BCUT2D eigenvalue weighted by Crippen LogP contribution is 2.39. The number of carbonyl (C=O) groups is 3. The quantitative estimate of drug-likeness (QED) is 0.161. The lowest BCUT2D eigenvalue weighted by molar-refractivity contribution is -0.140. The van der Waals surface area contributed by atoms with Crippen molar-refractivity contribution in [1.29, 1.82) is 0 Å². The molecule has 1 atom stereocenters. The van der Waals surface area contributed by atoms with E-state index >= 15 is 0 Å². The first-order valence-corrected chi connectivity index (χ1v) is 14.4. The molecule has 43 heavy (non-hydrogen) atoms. The maximum atomic E-state index is 13.4. The van der Waals surface area contributed by atoms with Crippen molar-refractivity contribution in [2.45, 2.75) is 26.0 Å². The van der Waals surface area contributed by atoms with Gasteiger partial charge in [0, 0.05) is 31.7 Å². The second-order valence-corrected chi connectivity index (χ2v) is 10.7. The molecule has 3 aromatic carbocycles. The first kappa shape index (κ1) is 30.0. The van der Waals surface area contributed by atoms with Crippen molar-refractivity contribution in [3.63, 3.8) is 0 Å². The summed E-state index contributed by atoms with van der Waals surface area (Å²) in [7, 11) is 1.30. The van der Waals surface area contributed by atoms with Gasteiger partial charge in [-0.25, -0.2) is 4.79 Å². The molecule has 1 amide bonds. The number of likely N-dealkylation sites (tertiary alicyclic amines) is 1. The molecule has 2 aliphatic rings. The summed E-state index contributed by atoms with van der Waals surface area (Å²) in [5.74, 6) is -1.55. The second kappa shape index (κ2) is 13.7. The summed E-state index contributed by atoms with van der Waals surface area (Å²) < 4.78 is 16.2. The Morgan fingerprint density at radius 1 is 0.930 bits per heavy atom. The van der Waals surface area contributed by atoms with Crippen LogP contribution in [0.15, 0.2) is 78.4 Å². The van der Waals surface area contributed by atoms with Crippen LogP contribution in [0, 0.1) is 6.92 Å². The van der Waals surface area contributed by atoms with Crippen molar-refractivity contribution in [3.8, 4) is 5.75 Å². The topological polar surface area (TPSA) is 106 Å². The van der Waals surface area contributed by atoms with E-state index in [-0.39, 0.29) is 11.3 Å². The summed E-state index contributed by atoms with van der Waals surface area (Å²) in [5.41, 5.74) is 3.56. The van der Waals surface area contributed by atoms with Gasteiger partial charge in [-0.3, -0.25) is 14.5 Å². The molecule has 2 saturated heterocycles. The molecule has 224 valence electrons. The number of ether oxygens (including phenoxy) is 3. The number of nitrogens with zero attached hydrogens (tertiary/aromatic N) is 2. The number of benzene rings is 3. The second-order valence-electron chi connectivity index (χ2n) is 10.7. The third kappa shape index (κ3) is 6.79. The van der Waals surface area contributed by atoms with Crippen LogP contribution in [0.25, 0.3) is 5.76 Å². The van der Waals surface area contributed by atoms with Gasteiger partial charge in [-0.2, -0.15) is 0 Å². The van der Waals surface area contributed by atoms with Gasteiger partial charge in [0.15, 0.2) is 0 Å². The summed E-state index contributed by atoms with van der Waals surface area (Å²) in [6, 6.07) is 20.5. The monoisotopic (exact) mass is 584 g/mol. The van der Waals surface area contributed by atoms with Crippen molar-refractivity contribution >= 4 is 23.4 Å². The third-order valence-electron chi connectivity index (χ3n) is 7.95. The molecular formula is C34H36N2O7. The van der Waals surface area contributed by atoms with Crippen LogP contribution < -0.4 is 4.74 Å². The number of hydrogen-bond donors (Lipinski definition) is 1. The van der Waals surface area contributed by atoms with Gasteiger partial charge in [0.2, 0.25) is 0 Å². The third-order valence-corrected chi connectivity index (χ3v) is 7.95. The van der Waals surface area contributed by atoms with E-state index in [1.807, 2.05) is 31.2 Å². The van der Waals surface area contributed by atoms with E-state index in [4.69, 9.17) is 14.2 Å². The minimum atomic E-state index is -0.812. The zero-order valence-corrected chi connectivity index (χ0v) is 24.5. The lowest BCUT2D eigenvalue weighted by atomic mass is 9.94. The Labute approximate surface area is 251 Å². The highest BCUT2D eigenvalue weighted by Gasteiger charge is 2.45. The highest BCUT2D eigenvalue weighted by molar-refractivity contribution is 6.46. The molecule has 1 unspecified atom stereocenters. The van der Waals surface area contributed by atoms with Crippen LogP contribution in [0.4, 0.5) is 0 Å². The number of aryl methyl sites for hydroxylation is 1. The number of esters is 1. The average molecular weight is 585 g/mol. The Bertz CT molecular complexity index is 1490. The normalized spacial score (nSPS) is 18.6. The van der Waals surface area contributed by atoms with Crippen LogP contribution in [0.5, 0.6) is 5.75 Å². The van der Waals surface area contributed by atoms with E-state index in [9.17, 15) is 19.5 Å². The molecular weight excluding hydrogens is 548 g/mol. The van der Waals surface area contributed by atoms with Gasteiger partial charge in [-0.1, -0.05) is 36.4 Å². The number of Topliss-reactive ketones (excluding diaryl/α,β-unsaturated/α-hetero) is 1. The molecule has 0 spiro atoms. The van der Waals surface area contributed by atoms with E-state index in [2.05, 4.69) is 4.90 Å². The largest absolute Gasteiger partial charge is 0.507 e. The molecule has 9 heteroatoms. The van der Waals surface area contributed by atoms with Crippen molar-refractivity contribution in [2.75, 3.05) is 46.5 Å². The van der Waals surface area contributed by atoms with Gasteiger partial charge >= 0.3 is 5.97 Å². The fourth-order valence-electron chi connectivity index (χ4n) is 5.46. The number of aliphatic hydroxyl groups is 1. The van der Waals surface area contributed by atoms with E-state index in [1.165, 1.54) is 12.0 Å². The number of rotatable bonds is 10. The van der Waals surface area contributed by atoms with E-state index < -0.39 is 23.7 Å². The number of aliphatic hydroxyl groups excluding tert-OH is 1. The zero-order valence-electron chi connectivity index (χ0n) is 24.5. The number of carbonyl (C=O) groups excluding carboxylic acids is 3. The smallest absolute Gasteiger partial charge is 0.337 e. The van der Waals surface area contributed by atoms with Crippen molar-refractivity contribution in [2.24, 2.45) is 0 Å². The summed E-state index contributed by atoms with van der Waals surface area (Å²) in [6.07, 6.45) is 0.650. The SMILES string of the molecule is COC(=O)c1ccc(C2C(=C(O)c3ccc(OCc4ccccc4C)cc3)C(=O)C(=O)N2CCCN2CCOCC2)cc1. The molecule has 0 saturated carbocycles. The van der Waals surface area contributed by atoms with Gasteiger partial charge in [0.05, 0.1) is 37.5 Å². The molecule has 9 nitrogen and oxygen atoms in total.